The first-order valence-corrected chi connectivity index (χ1v) is 10.8. The molecule has 1 aliphatic heterocycles. The summed E-state index contributed by atoms with van der Waals surface area (Å²) in [5.41, 5.74) is 1.67. The van der Waals surface area contributed by atoms with Gasteiger partial charge in [-0.2, -0.15) is 4.31 Å². The molecule has 1 saturated heterocycles. The van der Waals surface area contributed by atoms with Crippen LogP contribution < -0.4 is 5.32 Å². The number of sulfonamides is 1. The Hall–Kier alpha value is -2.25. The van der Waals surface area contributed by atoms with Crippen LogP contribution in [0.1, 0.15) is 36.2 Å². The van der Waals surface area contributed by atoms with Gasteiger partial charge in [-0.1, -0.05) is 26.0 Å². The van der Waals surface area contributed by atoms with E-state index in [9.17, 15) is 17.6 Å². The van der Waals surface area contributed by atoms with Gasteiger partial charge in [0.15, 0.2) is 0 Å². The molecule has 2 aromatic carbocycles. The number of carbonyl (C=O) groups is 1. The number of carbonyl (C=O) groups excluding carboxylic acids is 1. The zero-order valence-electron chi connectivity index (χ0n) is 16.3. The Bertz CT molecular complexity index is 981. The van der Waals surface area contributed by atoms with E-state index in [4.69, 9.17) is 0 Å². The van der Waals surface area contributed by atoms with Crippen molar-refractivity contribution in [2.75, 3.05) is 18.4 Å². The van der Waals surface area contributed by atoms with E-state index < -0.39 is 26.6 Å². The summed E-state index contributed by atoms with van der Waals surface area (Å²) >= 11 is 0. The lowest BCUT2D eigenvalue weighted by molar-refractivity contribution is 0.102. The fourth-order valence-corrected chi connectivity index (χ4v) is 5.48. The highest BCUT2D eigenvalue weighted by molar-refractivity contribution is 7.89. The molecular formula is C21H25FN2O3S. The highest BCUT2D eigenvalue weighted by Crippen LogP contribution is 2.28. The van der Waals surface area contributed by atoms with Crippen molar-refractivity contribution in [3.8, 4) is 0 Å². The quantitative estimate of drug-likeness (QED) is 0.836. The Morgan fingerprint density at radius 1 is 1.11 bits per heavy atom. The summed E-state index contributed by atoms with van der Waals surface area (Å²) in [6, 6.07) is 10.7. The molecule has 0 aromatic heterocycles. The number of hydrogen-bond acceptors (Lipinski definition) is 3. The number of nitrogens with one attached hydrogen (secondary N) is 1. The Kier molecular flexibility index (Phi) is 5.86. The summed E-state index contributed by atoms with van der Waals surface area (Å²) in [6.45, 7) is 6.58. The van der Waals surface area contributed by atoms with Gasteiger partial charge in [0.05, 0.1) is 0 Å². The first kappa shape index (κ1) is 20.5. The van der Waals surface area contributed by atoms with Crippen molar-refractivity contribution in [2.24, 2.45) is 11.8 Å². The van der Waals surface area contributed by atoms with Crippen LogP contribution in [0.4, 0.5) is 10.1 Å². The zero-order valence-corrected chi connectivity index (χ0v) is 17.1. The molecule has 7 heteroatoms. The second-order valence-corrected chi connectivity index (χ2v) is 9.64. The molecule has 0 spiro atoms. The van der Waals surface area contributed by atoms with Crippen LogP contribution in [0.2, 0.25) is 0 Å². The van der Waals surface area contributed by atoms with Gasteiger partial charge in [-0.25, -0.2) is 12.8 Å². The standard InChI is InChI=1S/C21H25FN2O3S/c1-14-5-4-6-18(10-14)23-21(25)17-7-8-19(22)20(11-17)28(26,27)24-12-15(2)9-16(3)13-24/h4-8,10-11,15-16H,9,12-13H2,1-3H3,(H,23,25). The van der Waals surface area contributed by atoms with Crippen molar-refractivity contribution in [2.45, 2.75) is 32.1 Å². The van der Waals surface area contributed by atoms with E-state index in [1.54, 1.807) is 12.1 Å². The molecule has 0 aliphatic carbocycles. The lowest BCUT2D eigenvalue weighted by Gasteiger charge is -2.34. The molecule has 0 radical (unpaired) electrons. The Morgan fingerprint density at radius 3 is 2.43 bits per heavy atom. The number of aryl methyl sites for hydroxylation is 1. The second kappa shape index (κ2) is 8.01. The van der Waals surface area contributed by atoms with Gasteiger partial charge >= 0.3 is 0 Å². The maximum Gasteiger partial charge on any atom is 0.255 e. The molecular weight excluding hydrogens is 379 g/mol. The van der Waals surface area contributed by atoms with Gasteiger partial charge < -0.3 is 5.32 Å². The average molecular weight is 405 g/mol. The van der Waals surface area contributed by atoms with Crippen LogP contribution in [0.15, 0.2) is 47.4 Å². The van der Waals surface area contributed by atoms with E-state index in [0.717, 1.165) is 24.1 Å². The zero-order chi connectivity index (χ0) is 20.5. The smallest absolute Gasteiger partial charge is 0.255 e. The number of hydrogen-bond donors (Lipinski definition) is 1. The molecule has 3 rings (SSSR count). The van der Waals surface area contributed by atoms with E-state index in [1.165, 1.54) is 10.4 Å². The maximum atomic E-state index is 14.4. The van der Waals surface area contributed by atoms with Crippen molar-refractivity contribution in [1.29, 1.82) is 0 Å². The Balaban J connectivity index is 1.89. The normalized spacial score (nSPS) is 20.7. The van der Waals surface area contributed by atoms with Crippen LogP contribution in [0.3, 0.4) is 0 Å². The molecule has 1 heterocycles. The number of benzene rings is 2. The van der Waals surface area contributed by atoms with Crippen LogP contribution in [0.5, 0.6) is 0 Å². The van der Waals surface area contributed by atoms with Gasteiger partial charge in [0, 0.05) is 24.3 Å². The number of nitrogens with zero attached hydrogens (tertiary/aromatic N) is 1. The van der Waals surface area contributed by atoms with Crippen LogP contribution in [-0.4, -0.2) is 31.7 Å². The van der Waals surface area contributed by atoms with Gasteiger partial charge in [-0.15, -0.1) is 0 Å². The first-order chi connectivity index (χ1) is 13.2. The van der Waals surface area contributed by atoms with E-state index in [0.29, 0.717) is 18.8 Å². The lowest BCUT2D eigenvalue weighted by Crippen LogP contribution is -2.42. The van der Waals surface area contributed by atoms with Crippen LogP contribution in [-0.2, 0) is 10.0 Å². The third kappa shape index (κ3) is 4.42. The molecule has 5 nitrogen and oxygen atoms in total. The van der Waals surface area contributed by atoms with Gasteiger partial charge in [-0.05, 0) is 61.1 Å². The van der Waals surface area contributed by atoms with Gasteiger partial charge in [0.1, 0.15) is 10.7 Å². The maximum absolute atomic E-state index is 14.4. The fourth-order valence-electron chi connectivity index (χ4n) is 3.71. The summed E-state index contributed by atoms with van der Waals surface area (Å²) in [4.78, 5) is 12.1. The minimum Gasteiger partial charge on any atom is -0.322 e. The minimum atomic E-state index is -4.02. The summed E-state index contributed by atoms with van der Waals surface area (Å²) in [6.07, 6.45) is 0.938. The number of rotatable bonds is 4. The summed E-state index contributed by atoms with van der Waals surface area (Å²) in [5, 5.41) is 2.72. The van der Waals surface area contributed by atoms with E-state index in [-0.39, 0.29) is 17.4 Å². The molecule has 1 fully saturated rings. The third-order valence-electron chi connectivity index (χ3n) is 4.92. The molecule has 1 N–H and O–H groups in total. The molecule has 1 amide bonds. The van der Waals surface area contributed by atoms with Crippen LogP contribution >= 0.6 is 0 Å². The van der Waals surface area contributed by atoms with Crippen molar-refractivity contribution in [3.63, 3.8) is 0 Å². The lowest BCUT2D eigenvalue weighted by atomic mass is 9.94. The van der Waals surface area contributed by atoms with Crippen LogP contribution in [0, 0.1) is 24.6 Å². The van der Waals surface area contributed by atoms with Gasteiger partial charge in [0.2, 0.25) is 10.0 Å². The van der Waals surface area contributed by atoms with Crippen molar-refractivity contribution in [3.05, 3.63) is 59.4 Å². The Labute approximate surface area is 165 Å². The second-order valence-electron chi connectivity index (χ2n) is 7.74. The van der Waals surface area contributed by atoms with E-state index >= 15 is 0 Å². The first-order valence-electron chi connectivity index (χ1n) is 9.34. The number of piperidine rings is 1. The molecule has 0 bridgehead atoms. The summed E-state index contributed by atoms with van der Waals surface area (Å²) < 4.78 is 41.8. The van der Waals surface area contributed by atoms with E-state index in [2.05, 4.69) is 5.32 Å². The van der Waals surface area contributed by atoms with Crippen molar-refractivity contribution in [1.82, 2.24) is 4.31 Å². The SMILES string of the molecule is Cc1cccc(NC(=O)c2ccc(F)c(S(=O)(=O)N3CC(C)CC(C)C3)c2)c1. The minimum absolute atomic E-state index is 0.0968. The van der Waals surface area contributed by atoms with E-state index in [1.807, 2.05) is 32.9 Å². The predicted octanol–water partition coefficient (Wildman–Crippen LogP) is 4.05. The molecule has 2 aromatic rings. The summed E-state index contributed by atoms with van der Waals surface area (Å²) in [5.74, 6) is -0.927. The Morgan fingerprint density at radius 2 is 1.79 bits per heavy atom. The topological polar surface area (TPSA) is 66.5 Å². The molecule has 1 aliphatic rings. The highest BCUT2D eigenvalue weighted by atomic mass is 32.2. The predicted molar refractivity (Wildman–Crippen MR) is 107 cm³/mol. The monoisotopic (exact) mass is 404 g/mol. The summed E-state index contributed by atoms with van der Waals surface area (Å²) in [7, 11) is -4.02. The molecule has 150 valence electrons. The van der Waals surface area contributed by atoms with Crippen molar-refractivity contribution >= 4 is 21.6 Å². The molecule has 2 atom stereocenters. The molecule has 2 unspecified atom stereocenters. The number of anilines is 1. The fraction of sp³-hybridized carbons (Fsp3) is 0.381. The number of amides is 1. The van der Waals surface area contributed by atoms with Gasteiger partial charge in [0.25, 0.3) is 5.91 Å². The molecule has 28 heavy (non-hydrogen) atoms. The highest BCUT2D eigenvalue weighted by Gasteiger charge is 2.33. The molecule has 0 saturated carbocycles. The van der Waals surface area contributed by atoms with Gasteiger partial charge in [-0.3, -0.25) is 4.79 Å². The number of halogens is 1. The average Bonchev–Trinajstić information content (AvgIpc) is 2.61. The third-order valence-corrected chi connectivity index (χ3v) is 6.77. The van der Waals surface area contributed by atoms with Crippen molar-refractivity contribution < 1.29 is 17.6 Å². The largest absolute Gasteiger partial charge is 0.322 e. The van der Waals surface area contributed by atoms with Crippen LogP contribution in [0.25, 0.3) is 0 Å².